The Hall–Kier alpha value is -1.45. The van der Waals surface area contributed by atoms with Crippen LogP contribution >= 0.6 is 11.8 Å². The summed E-state index contributed by atoms with van der Waals surface area (Å²) in [6, 6.07) is 17.3. The molecule has 1 atom stereocenters. The van der Waals surface area contributed by atoms with Crippen molar-refractivity contribution < 1.29 is 5.11 Å². The topological polar surface area (TPSA) is 23.5 Å². The van der Waals surface area contributed by atoms with E-state index in [2.05, 4.69) is 48.2 Å². The zero-order valence-corrected chi connectivity index (χ0v) is 15.3. The summed E-state index contributed by atoms with van der Waals surface area (Å²) in [7, 11) is 0. The van der Waals surface area contributed by atoms with Crippen molar-refractivity contribution in [3.05, 3.63) is 59.7 Å². The standard InChI is InChI=1S/C21H27NOS/c1-2-13-22(14-15-24-19-8-4-3-5-9-19)18-11-12-20-17(16-18)7-6-10-21(20)23/h3-10,18,23H,2,11-16H2,1H3. The quantitative estimate of drug-likeness (QED) is 0.735. The van der Waals surface area contributed by atoms with Gasteiger partial charge in [0.25, 0.3) is 0 Å². The molecular formula is C21H27NOS. The molecule has 0 fully saturated rings. The number of phenolic OH excluding ortho intramolecular Hbond substituents is 1. The van der Waals surface area contributed by atoms with Crippen LogP contribution in [0.3, 0.4) is 0 Å². The Morgan fingerprint density at radius 2 is 1.92 bits per heavy atom. The number of rotatable bonds is 7. The van der Waals surface area contributed by atoms with Gasteiger partial charge in [-0.3, -0.25) is 4.90 Å². The first-order valence-electron chi connectivity index (χ1n) is 8.99. The van der Waals surface area contributed by atoms with Gasteiger partial charge in [0.2, 0.25) is 0 Å². The lowest BCUT2D eigenvalue weighted by Crippen LogP contribution is -2.41. The average Bonchev–Trinajstić information content (AvgIpc) is 2.62. The van der Waals surface area contributed by atoms with E-state index in [1.54, 1.807) is 0 Å². The van der Waals surface area contributed by atoms with Crippen LogP contribution in [0.1, 0.15) is 30.9 Å². The van der Waals surface area contributed by atoms with Gasteiger partial charge in [0.05, 0.1) is 0 Å². The molecule has 3 rings (SSSR count). The Labute approximate surface area is 149 Å². The van der Waals surface area contributed by atoms with E-state index in [0.29, 0.717) is 11.8 Å². The van der Waals surface area contributed by atoms with Gasteiger partial charge in [0.1, 0.15) is 5.75 Å². The van der Waals surface area contributed by atoms with Gasteiger partial charge in [-0.1, -0.05) is 37.3 Å². The minimum absolute atomic E-state index is 0.479. The maximum Gasteiger partial charge on any atom is 0.119 e. The number of nitrogens with zero attached hydrogens (tertiary/aromatic N) is 1. The predicted molar refractivity (Wildman–Crippen MR) is 103 cm³/mol. The van der Waals surface area contributed by atoms with Crippen LogP contribution in [-0.4, -0.2) is 34.9 Å². The molecule has 128 valence electrons. The molecule has 2 aromatic rings. The molecule has 24 heavy (non-hydrogen) atoms. The van der Waals surface area contributed by atoms with E-state index in [-0.39, 0.29) is 0 Å². The molecule has 0 aromatic heterocycles. The van der Waals surface area contributed by atoms with Crippen molar-refractivity contribution in [3.63, 3.8) is 0 Å². The van der Waals surface area contributed by atoms with Crippen LogP contribution in [-0.2, 0) is 12.8 Å². The molecule has 1 aliphatic carbocycles. The second-order valence-electron chi connectivity index (χ2n) is 6.51. The summed E-state index contributed by atoms with van der Waals surface area (Å²) in [5.74, 6) is 1.61. The first-order valence-corrected chi connectivity index (χ1v) is 9.98. The molecular weight excluding hydrogens is 314 g/mol. The minimum Gasteiger partial charge on any atom is -0.508 e. The number of aromatic hydroxyl groups is 1. The molecule has 0 radical (unpaired) electrons. The minimum atomic E-state index is 0.479. The van der Waals surface area contributed by atoms with Crippen molar-refractivity contribution >= 4 is 11.8 Å². The van der Waals surface area contributed by atoms with E-state index in [0.717, 1.165) is 38.1 Å². The van der Waals surface area contributed by atoms with E-state index in [9.17, 15) is 5.11 Å². The largest absolute Gasteiger partial charge is 0.508 e. The fourth-order valence-electron chi connectivity index (χ4n) is 3.64. The van der Waals surface area contributed by atoms with Crippen molar-refractivity contribution in [1.29, 1.82) is 0 Å². The second kappa shape index (κ2) is 8.59. The number of benzene rings is 2. The van der Waals surface area contributed by atoms with Gasteiger partial charge in [0, 0.05) is 23.2 Å². The Morgan fingerprint density at radius 3 is 2.71 bits per heavy atom. The van der Waals surface area contributed by atoms with Crippen molar-refractivity contribution in [2.45, 2.75) is 43.5 Å². The molecule has 2 aromatic carbocycles. The lowest BCUT2D eigenvalue weighted by Gasteiger charge is -2.35. The number of hydrogen-bond acceptors (Lipinski definition) is 3. The molecule has 0 bridgehead atoms. The van der Waals surface area contributed by atoms with Gasteiger partial charge in [-0.25, -0.2) is 0 Å². The first-order chi connectivity index (χ1) is 11.8. The van der Waals surface area contributed by atoms with E-state index in [1.165, 1.54) is 22.4 Å². The number of fused-ring (bicyclic) bond motifs is 1. The highest BCUT2D eigenvalue weighted by Crippen LogP contribution is 2.31. The van der Waals surface area contributed by atoms with Crippen molar-refractivity contribution in [1.82, 2.24) is 4.90 Å². The molecule has 0 heterocycles. The Kier molecular flexibility index (Phi) is 6.22. The van der Waals surface area contributed by atoms with E-state index in [4.69, 9.17) is 0 Å². The zero-order valence-electron chi connectivity index (χ0n) is 14.4. The fraction of sp³-hybridized carbons (Fsp3) is 0.429. The normalized spacial score (nSPS) is 17.0. The van der Waals surface area contributed by atoms with Crippen LogP contribution in [0.4, 0.5) is 0 Å². The highest BCUT2D eigenvalue weighted by atomic mass is 32.2. The first kappa shape index (κ1) is 17.4. The number of phenols is 1. The summed E-state index contributed by atoms with van der Waals surface area (Å²) in [6.45, 7) is 4.56. The average molecular weight is 342 g/mol. The van der Waals surface area contributed by atoms with Crippen LogP contribution < -0.4 is 0 Å². The van der Waals surface area contributed by atoms with E-state index >= 15 is 0 Å². The Morgan fingerprint density at radius 1 is 1.08 bits per heavy atom. The second-order valence-corrected chi connectivity index (χ2v) is 7.68. The monoisotopic (exact) mass is 341 g/mol. The third kappa shape index (κ3) is 4.34. The molecule has 0 saturated carbocycles. The molecule has 0 saturated heterocycles. The third-order valence-electron chi connectivity index (χ3n) is 4.85. The molecule has 0 amide bonds. The maximum atomic E-state index is 10.0. The number of hydrogen-bond donors (Lipinski definition) is 1. The molecule has 0 spiro atoms. The lowest BCUT2D eigenvalue weighted by molar-refractivity contribution is 0.190. The van der Waals surface area contributed by atoms with Gasteiger partial charge in [-0.2, -0.15) is 0 Å². The number of thioether (sulfide) groups is 1. The third-order valence-corrected chi connectivity index (χ3v) is 5.84. The van der Waals surface area contributed by atoms with Gasteiger partial charge < -0.3 is 5.11 Å². The van der Waals surface area contributed by atoms with Crippen LogP contribution in [0.5, 0.6) is 5.75 Å². The summed E-state index contributed by atoms with van der Waals surface area (Å²) in [5.41, 5.74) is 2.51. The predicted octanol–water partition coefficient (Wildman–Crippen LogP) is 4.75. The molecule has 1 N–H and O–H groups in total. The fourth-order valence-corrected chi connectivity index (χ4v) is 4.55. The van der Waals surface area contributed by atoms with Gasteiger partial charge in [-0.05, 0) is 61.6 Å². The summed E-state index contributed by atoms with van der Waals surface area (Å²) < 4.78 is 0. The summed E-state index contributed by atoms with van der Waals surface area (Å²) in [4.78, 5) is 4.01. The summed E-state index contributed by atoms with van der Waals surface area (Å²) >= 11 is 1.94. The van der Waals surface area contributed by atoms with Crippen molar-refractivity contribution in [2.75, 3.05) is 18.8 Å². The Balaban J connectivity index is 1.59. The van der Waals surface area contributed by atoms with Crippen molar-refractivity contribution in [2.24, 2.45) is 0 Å². The zero-order chi connectivity index (χ0) is 16.8. The van der Waals surface area contributed by atoms with Gasteiger partial charge in [-0.15, -0.1) is 11.8 Å². The van der Waals surface area contributed by atoms with Crippen LogP contribution in [0, 0.1) is 0 Å². The van der Waals surface area contributed by atoms with Gasteiger partial charge >= 0.3 is 0 Å². The summed E-state index contributed by atoms with van der Waals surface area (Å²) in [6.07, 6.45) is 4.42. The molecule has 2 nitrogen and oxygen atoms in total. The SMILES string of the molecule is CCCN(CCSc1ccccc1)C1CCc2c(O)cccc2C1. The van der Waals surface area contributed by atoms with Crippen LogP contribution in [0.2, 0.25) is 0 Å². The van der Waals surface area contributed by atoms with E-state index < -0.39 is 0 Å². The van der Waals surface area contributed by atoms with Gasteiger partial charge in [0.15, 0.2) is 0 Å². The van der Waals surface area contributed by atoms with Crippen LogP contribution in [0.15, 0.2) is 53.4 Å². The lowest BCUT2D eigenvalue weighted by atomic mass is 9.87. The summed E-state index contributed by atoms with van der Waals surface area (Å²) in [5, 5.41) is 10.0. The molecule has 1 aliphatic rings. The highest BCUT2D eigenvalue weighted by Gasteiger charge is 2.25. The van der Waals surface area contributed by atoms with Crippen LogP contribution in [0.25, 0.3) is 0 Å². The highest BCUT2D eigenvalue weighted by molar-refractivity contribution is 7.99. The molecule has 0 aliphatic heterocycles. The van der Waals surface area contributed by atoms with Crippen molar-refractivity contribution in [3.8, 4) is 5.75 Å². The smallest absolute Gasteiger partial charge is 0.119 e. The maximum absolute atomic E-state index is 10.0. The van der Waals surface area contributed by atoms with E-state index in [1.807, 2.05) is 23.9 Å². The molecule has 3 heteroatoms. The Bertz CT molecular complexity index is 644. The molecule has 1 unspecified atom stereocenters.